The quantitative estimate of drug-likeness (QED) is 0.614. The van der Waals surface area contributed by atoms with Gasteiger partial charge in [0.05, 0.1) is 0 Å². The summed E-state index contributed by atoms with van der Waals surface area (Å²) in [4.78, 5) is 11.9. The van der Waals surface area contributed by atoms with E-state index in [2.05, 4.69) is 13.8 Å². The molecule has 0 atom stereocenters. The van der Waals surface area contributed by atoms with Crippen molar-refractivity contribution >= 4 is 0 Å². The molecule has 0 heterocycles. The average molecular weight is 190 g/mol. The fourth-order valence-corrected chi connectivity index (χ4v) is 1.75. The van der Waals surface area contributed by atoms with Gasteiger partial charge >= 0.3 is 0 Å². The molecule has 0 radical (unpaired) electrons. The zero-order chi connectivity index (χ0) is 11.0. The lowest BCUT2D eigenvalue weighted by Crippen LogP contribution is -2.07. The molecule has 0 amide bonds. The van der Waals surface area contributed by atoms with Crippen LogP contribution in [-0.4, -0.2) is 0 Å². The van der Waals surface area contributed by atoms with Gasteiger partial charge in [-0.25, -0.2) is 0 Å². The standard InChI is InChI=1S/C13H18O/c1-7-8(2)10(4)12(6)13(14)11(5)9(7)3/h1-6H3. The monoisotopic (exact) mass is 190 g/mol. The van der Waals surface area contributed by atoms with Gasteiger partial charge in [0.25, 0.3) is 0 Å². The lowest BCUT2D eigenvalue weighted by molar-refractivity contribution is 1.23. The van der Waals surface area contributed by atoms with E-state index in [0.29, 0.717) is 0 Å². The smallest absolute Gasteiger partial charge is 0.184 e. The Hall–Kier alpha value is -1.11. The Balaban J connectivity index is 3.96. The van der Waals surface area contributed by atoms with Crippen molar-refractivity contribution < 1.29 is 0 Å². The second-order valence-corrected chi connectivity index (χ2v) is 4.08. The third-order valence-corrected chi connectivity index (χ3v) is 3.49. The minimum absolute atomic E-state index is 0.191. The summed E-state index contributed by atoms with van der Waals surface area (Å²) in [5.41, 5.74) is 6.70. The van der Waals surface area contributed by atoms with Crippen LogP contribution in [0.25, 0.3) is 0 Å². The van der Waals surface area contributed by atoms with Crippen molar-refractivity contribution in [1.82, 2.24) is 0 Å². The highest BCUT2D eigenvalue weighted by molar-refractivity contribution is 5.44. The summed E-state index contributed by atoms with van der Waals surface area (Å²) in [5, 5.41) is 0. The Bertz CT molecular complexity index is 403. The highest BCUT2D eigenvalue weighted by Gasteiger charge is 2.08. The largest absolute Gasteiger partial charge is 0.289 e. The Morgan fingerprint density at radius 1 is 0.500 bits per heavy atom. The molecular weight excluding hydrogens is 172 g/mol. The Kier molecular flexibility index (Phi) is 2.79. The van der Waals surface area contributed by atoms with Crippen LogP contribution in [0.5, 0.6) is 0 Å². The Morgan fingerprint density at radius 3 is 1.00 bits per heavy atom. The van der Waals surface area contributed by atoms with E-state index in [9.17, 15) is 4.79 Å². The zero-order valence-electron chi connectivity index (χ0n) is 9.91. The first-order valence-corrected chi connectivity index (χ1v) is 4.95. The summed E-state index contributed by atoms with van der Waals surface area (Å²) in [7, 11) is 0. The van der Waals surface area contributed by atoms with Crippen LogP contribution in [0.1, 0.15) is 33.4 Å². The Morgan fingerprint density at radius 2 is 0.714 bits per heavy atom. The van der Waals surface area contributed by atoms with Crippen LogP contribution in [0.3, 0.4) is 0 Å². The first-order chi connectivity index (χ1) is 6.37. The molecule has 0 aromatic heterocycles. The van der Waals surface area contributed by atoms with Gasteiger partial charge in [-0.05, 0) is 74.9 Å². The maximum Gasteiger partial charge on any atom is 0.184 e. The molecule has 1 rings (SSSR count). The fraction of sp³-hybridized carbons (Fsp3) is 0.462. The second kappa shape index (κ2) is 3.56. The van der Waals surface area contributed by atoms with Crippen molar-refractivity contribution in [2.45, 2.75) is 41.5 Å². The summed E-state index contributed by atoms with van der Waals surface area (Å²) in [6.45, 7) is 12.1. The molecule has 0 aliphatic carbocycles. The van der Waals surface area contributed by atoms with E-state index in [4.69, 9.17) is 0 Å². The second-order valence-electron chi connectivity index (χ2n) is 4.08. The molecule has 0 saturated carbocycles. The Labute approximate surface area is 85.8 Å². The van der Waals surface area contributed by atoms with E-state index < -0.39 is 0 Å². The van der Waals surface area contributed by atoms with Gasteiger partial charge < -0.3 is 0 Å². The van der Waals surface area contributed by atoms with E-state index >= 15 is 0 Å². The molecule has 1 aromatic carbocycles. The molecule has 0 spiro atoms. The minimum Gasteiger partial charge on any atom is -0.289 e. The van der Waals surface area contributed by atoms with Gasteiger partial charge in [-0.15, -0.1) is 0 Å². The molecule has 0 aliphatic heterocycles. The highest BCUT2D eigenvalue weighted by atomic mass is 16.1. The summed E-state index contributed by atoms with van der Waals surface area (Å²) >= 11 is 0. The predicted molar refractivity (Wildman–Crippen MR) is 61.1 cm³/mol. The van der Waals surface area contributed by atoms with Crippen LogP contribution in [0.4, 0.5) is 0 Å². The van der Waals surface area contributed by atoms with E-state index in [-0.39, 0.29) is 5.43 Å². The van der Waals surface area contributed by atoms with Crippen molar-refractivity contribution in [3.8, 4) is 0 Å². The van der Waals surface area contributed by atoms with E-state index in [1.165, 1.54) is 11.1 Å². The van der Waals surface area contributed by atoms with E-state index in [0.717, 1.165) is 22.3 Å². The SMILES string of the molecule is Cc1c(C)c(C)c(C)c(=O)c(C)c1C. The molecular formula is C13H18O. The molecule has 0 N–H and O–H groups in total. The van der Waals surface area contributed by atoms with Gasteiger partial charge in [-0.1, -0.05) is 0 Å². The molecule has 1 heteroatoms. The molecule has 1 aromatic rings. The van der Waals surface area contributed by atoms with Crippen LogP contribution < -0.4 is 5.43 Å². The number of hydrogen-bond acceptors (Lipinski definition) is 1. The van der Waals surface area contributed by atoms with Gasteiger partial charge in [0.2, 0.25) is 0 Å². The maximum absolute atomic E-state index is 11.9. The summed E-state index contributed by atoms with van der Waals surface area (Å²) < 4.78 is 0. The molecule has 0 bridgehead atoms. The third kappa shape index (κ3) is 1.47. The zero-order valence-corrected chi connectivity index (χ0v) is 9.91. The maximum atomic E-state index is 11.9. The van der Waals surface area contributed by atoms with Gasteiger partial charge in [0.15, 0.2) is 5.43 Å². The molecule has 76 valence electrons. The van der Waals surface area contributed by atoms with E-state index in [1.54, 1.807) is 0 Å². The van der Waals surface area contributed by atoms with Crippen LogP contribution in [-0.2, 0) is 0 Å². The normalized spacial score (nSPS) is 10.4. The van der Waals surface area contributed by atoms with Crippen LogP contribution >= 0.6 is 0 Å². The van der Waals surface area contributed by atoms with Crippen LogP contribution in [0.2, 0.25) is 0 Å². The summed E-state index contributed by atoms with van der Waals surface area (Å²) in [5.74, 6) is 0. The van der Waals surface area contributed by atoms with E-state index in [1.807, 2.05) is 27.7 Å². The van der Waals surface area contributed by atoms with Crippen molar-refractivity contribution in [3.63, 3.8) is 0 Å². The van der Waals surface area contributed by atoms with Crippen LogP contribution in [0, 0.1) is 41.5 Å². The number of hydrogen-bond donors (Lipinski definition) is 0. The molecule has 0 saturated heterocycles. The van der Waals surface area contributed by atoms with Crippen LogP contribution in [0.15, 0.2) is 4.79 Å². The molecule has 1 nitrogen and oxygen atoms in total. The molecule has 14 heavy (non-hydrogen) atoms. The lowest BCUT2D eigenvalue weighted by atomic mass is 10.0. The molecule has 0 unspecified atom stereocenters. The summed E-state index contributed by atoms with van der Waals surface area (Å²) in [6.07, 6.45) is 0. The van der Waals surface area contributed by atoms with Gasteiger partial charge in [0.1, 0.15) is 0 Å². The number of rotatable bonds is 0. The highest BCUT2D eigenvalue weighted by Crippen LogP contribution is 2.17. The van der Waals surface area contributed by atoms with Gasteiger partial charge in [-0.3, -0.25) is 4.79 Å². The van der Waals surface area contributed by atoms with Gasteiger partial charge in [-0.2, -0.15) is 0 Å². The predicted octanol–water partition coefficient (Wildman–Crippen LogP) is 2.90. The fourth-order valence-electron chi connectivity index (χ4n) is 1.75. The van der Waals surface area contributed by atoms with Crippen molar-refractivity contribution in [2.24, 2.45) is 0 Å². The molecule has 0 fully saturated rings. The lowest BCUT2D eigenvalue weighted by Gasteiger charge is -2.01. The topological polar surface area (TPSA) is 17.1 Å². The first-order valence-electron chi connectivity index (χ1n) is 4.95. The first kappa shape index (κ1) is 11.0. The van der Waals surface area contributed by atoms with Crippen molar-refractivity contribution in [2.75, 3.05) is 0 Å². The third-order valence-electron chi connectivity index (χ3n) is 3.49. The minimum atomic E-state index is 0.191. The van der Waals surface area contributed by atoms with Gasteiger partial charge in [0, 0.05) is 0 Å². The summed E-state index contributed by atoms with van der Waals surface area (Å²) in [6, 6.07) is 0. The van der Waals surface area contributed by atoms with Crippen molar-refractivity contribution in [1.29, 1.82) is 0 Å². The molecule has 0 aliphatic rings. The van der Waals surface area contributed by atoms with Crippen molar-refractivity contribution in [3.05, 3.63) is 43.6 Å². The average Bonchev–Trinajstić information content (AvgIpc) is 2.23.